The number of carbonyl (C=O) groups excluding carboxylic acids is 1. The van der Waals surface area contributed by atoms with Crippen LogP contribution in [0.1, 0.15) is 18.4 Å². The van der Waals surface area contributed by atoms with Gasteiger partial charge >= 0.3 is 6.03 Å². The first kappa shape index (κ1) is 19.0. The van der Waals surface area contributed by atoms with Gasteiger partial charge in [0.1, 0.15) is 12.4 Å². The molecule has 30 heavy (non-hydrogen) atoms. The summed E-state index contributed by atoms with van der Waals surface area (Å²) in [7, 11) is 2.14. The predicted octanol–water partition coefficient (Wildman–Crippen LogP) is 3.63. The van der Waals surface area contributed by atoms with Crippen molar-refractivity contribution in [1.82, 2.24) is 19.2 Å². The van der Waals surface area contributed by atoms with Gasteiger partial charge in [-0.2, -0.15) is 9.36 Å². The smallest absolute Gasteiger partial charge is 0.328 e. The monoisotopic (exact) mass is 422 g/mol. The van der Waals surface area contributed by atoms with Crippen LogP contribution in [-0.4, -0.2) is 51.5 Å². The number of ether oxygens (including phenoxy) is 1. The number of pyridine rings is 1. The lowest BCUT2D eigenvalue weighted by Gasteiger charge is -2.29. The number of nitrogens with zero attached hydrogens (tertiary/aromatic N) is 5. The van der Waals surface area contributed by atoms with Gasteiger partial charge in [-0.1, -0.05) is 6.07 Å². The third-order valence-corrected chi connectivity index (χ3v) is 6.36. The second-order valence-corrected chi connectivity index (χ2v) is 8.25. The number of aromatic nitrogens is 3. The molecule has 8 nitrogen and oxygen atoms in total. The molecule has 1 saturated heterocycles. The van der Waals surface area contributed by atoms with E-state index in [1.165, 1.54) is 18.0 Å². The third-order valence-electron chi connectivity index (χ3n) is 5.62. The Hall–Kier alpha value is -3.04. The summed E-state index contributed by atoms with van der Waals surface area (Å²) in [6.07, 6.45) is 5.76. The van der Waals surface area contributed by atoms with E-state index < -0.39 is 0 Å². The summed E-state index contributed by atoms with van der Waals surface area (Å²) in [6, 6.07) is 9.70. The molecule has 0 saturated carbocycles. The van der Waals surface area contributed by atoms with E-state index in [2.05, 4.69) is 31.6 Å². The van der Waals surface area contributed by atoms with Crippen molar-refractivity contribution in [2.45, 2.75) is 25.4 Å². The second kappa shape index (κ2) is 8.00. The zero-order valence-corrected chi connectivity index (χ0v) is 17.4. The molecule has 0 radical (unpaired) electrons. The minimum absolute atomic E-state index is 0.215. The lowest BCUT2D eigenvalue weighted by Crippen LogP contribution is -2.39. The van der Waals surface area contributed by atoms with E-state index in [0.717, 1.165) is 35.5 Å². The van der Waals surface area contributed by atoms with Gasteiger partial charge in [-0.25, -0.2) is 4.79 Å². The lowest BCUT2D eigenvalue weighted by molar-refractivity contribution is 0.197. The fourth-order valence-electron chi connectivity index (χ4n) is 3.87. The van der Waals surface area contributed by atoms with Gasteiger partial charge in [0.2, 0.25) is 5.13 Å². The van der Waals surface area contributed by atoms with E-state index in [9.17, 15) is 4.79 Å². The van der Waals surface area contributed by atoms with Crippen molar-refractivity contribution in [3.63, 3.8) is 0 Å². The maximum Gasteiger partial charge on any atom is 0.328 e. The Bertz CT molecular complexity index is 1060. The van der Waals surface area contributed by atoms with Crippen molar-refractivity contribution >= 4 is 28.4 Å². The minimum Gasteiger partial charge on any atom is -0.492 e. The maximum absolute atomic E-state index is 12.7. The first-order chi connectivity index (χ1) is 14.7. The van der Waals surface area contributed by atoms with Crippen LogP contribution in [0.25, 0.3) is 11.4 Å². The number of likely N-dealkylation sites (N-methyl/N-ethyl adjacent to an activating group) is 1. The first-order valence-corrected chi connectivity index (χ1v) is 10.7. The third kappa shape index (κ3) is 3.61. The number of amides is 2. The number of fused-ring (bicyclic) bond motifs is 1. The fourth-order valence-corrected chi connectivity index (χ4v) is 4.56. The predicted molar refractivity (Wildman–Crippen MR) is 116 cm³/mol. The van der Waals surface area contributed by atoms with Crippen LogP contribution in [-0.2, 0) is 6.54 Å². The zero-order chi connectivity index (χ0) is 20.5. The summed E-state index contributed by atoms with van der Waals surface area (Å²) in [5.41, 5.74) is 2.61. The molecule has 1 atom stereocenters. The second-order valence-electron chi connectivity index (χ2n) is 7.52. The zero-order valence-electron chi connectivity index (χ0n) is 16.6. The van der Waals surface area contributed by atoms with Crippen LogP contribution in [0.5, 0.6) is 5.75 Å². The highest BCUT2D eigenvalue weighted by Gasteiger charge is 2.29. The average molecular weight is 423 g/mol. The van der Waals surface area contributed by atoms with Gasteiger partial charge in [0, 0.05) is 41.1 Å². The normalized spacial score (nSPS) is 18.9. The van der Waals surface area contributed by atoms with E-state index in [1.54, 1.807) is 17.3 Å². The average Bonchev–Trinajstić information content (AvgIpc) is 3.41. The minimum atomic E-state index is -0.215. The van der Waals surface area contributed by atoms with Crippen molar-refractivity contribution in [3.05, 3.63) is 48.3 Å². The number of hydrogen-bond donors (Lipinski definition) is 1. The van der Waals surface area contributed by atoms with Gasteiger partial charge in [-0.3, -0.25) is 9.88 Å². The molecule has 0 bridgehead atoms. The molecule has 3 aromatic rings. The van der Waals surface area contributed by atoms with E-state index in [0.29, 0.717) is 30.1 Å². The fraction of sp³-hybridized carbons (Fsp3) is 0.333. The highest BCUT2D eigenvalue weighted by atomic mass is 32.1. The van der Waals surface area contributed by atoms with Gasteiger partial charge in [0.15, 0.2) is 5.82 Å². The summed E-state index contributed by atoms with van der Waals surface area (Å²) in [5, 5.41) is 3.51. The Morgan fingerprint density at radius 3 is 2.93 bits per heavy atom. The molecule has 5 rings (SSSR count). The van der Waals surface area contributed by atoms with Gasteiger partial charge in [-0.15, -0.1) is 0 Å². The number of benzene rings is 1. The van der Waals surface area contributed by atoms with Gasteiger partial charge in [-0.05, 0) is 50.7 Å². The summed E-state index contributed by atoms with van der Waals surface area (Å²) in [4.78, 5) is 25.3. The summed E-state index contributed by atoms with van der Waals surface area (Å²) in [6.45, 7) is 2.15. The van der Waals surface area contributed by atoms with E-state index in [4.69, 9.17) is 4.74 Å². The topological polar surface area (TPSA) is 83.5 Å². The molecule has 154 valence electrons. The molecule has 9 heteroatoms. The Kier molecular flexibility index (Phi) is 5.06. The van der Waals surface area contributed by atoms with Gasteiger partial charge in [0.05, 0.1) is 12.2 Å². The molecule has 0 spiro atoms. The molecular weight excluding hydrogens is 400 g/mol. The number of likely N-dealkylation sites (tertiary alicyclic amines) is 1. The van der Waals surface area contributed by atoms with Crippen LogP contribution in [0.4, 0.5) is 15.6 Å². The molecule has 1 unspecified atom stereocenters. The van der Waals surface area contributed by atoms with Crippen LogP contribution in [0, 0.1) is 0 Å². The molecule has 2 aliphatic heterocycles. The molecule has 0 aliphatic carbocycles. The Balaban J connectivity index is 1.37. The Morgan fingerprint density at radius 1 is 1.27 bits per heavy atom. The van der Waals surface area contributed by atoms with E-state index in [-0.39, 0.29) is 6.03 Å². The van der Waals surface area contributed by atoms with Crippen LogP contribution in [0.2, 0.25) is 0 Å². The standard InChI is InChI=1S/C21H22N6O2S/c1-26-11-3-4-15(26)13-29-18-6-2-5-17-16(18)12-27(20(28)23-17)21-24-19(25-30-21)14-7-9-22-10-8-14/h2,5-10,15H,3-4,11-13H2,1H3,(H,23,28). The van der Waals surface area contributed by atoms with E-state index >= 15 is 0 Å². The first-order valence-electron chi connectivity index (χ1n) is 9.96. The summed E-state index contributed by atoms with van der Waals surface area (Å²) < 4.78 is 10.6. The van der Waals surface area contributed by atoms with E-state index in [1.807, 2.05) is 30.3 Å². The highest BCUT2D eigenvalue weighted by molar-refractivity contribution is 7.10. The van der Waals surface area contributed by atoms with Crippen LogP contribution in [0.15, 0.2) is 42.7 Å². The maximum atomic E-state index is 12.7. The number of carbonyl (C=O) groups is 1. The van der Waals surface area contributed by atoms with Crippen molar-refractivity contribution < 1.29 is 9.53 Å². The number of anilines is 2. The molecule has 2 amide bonds. The van der Waals surface area contributed by atoms with Crippen molar-refractivity contribution in [2.75, 3.05) is 30.4 Å². The van der Waals surface area contributed by atoms with Crippen molar-refractivity contribution in [3.8, 4) is 17.1 Å². The highest BCUT2D eigenvalue weighted by Crippen LogP contribution is 2.35. The SMILES string of the molecule is CN1CCCC1COc1cccc2c1CN(c1nc(-c3ccncc3)ns1)C(=O)N2. The molecular formula is C21H22N6O2S. The molecule has 2 aliphatic rings. The van der Waals surface area contributed by atoms with Crippen LogP contribution < -0.4 is 15.0 Å². The number of rotatable bonds is 5. The van der Waals surface area contributed by atoms with Crippen LogP contribution >= 0.6 is 11.5 Å². The van der Waals surface area contributed by atoms with Crippen molar-refractivity contribution in [2.24, 2.45) is 0 Å². The van der Waals surface area contributed by atoms with Crippen molar-refractivity contribution in [1.29, 1.82) is 0 Å². The molecule has 2 aromatic heterocycles. The molecule has 4 heterocycles. The summed E-state index contributed by atoms with van der Waals surface area (Å²) >= 11 is 1.21. The van der Waals surface area contributed by atoms with Gasteiger partial charge in [0.25, 0.3) is 0 Å². The Morgan fingerprint density at radius 2 is 2.13 bits per heavy atom. The Labute approximate surface area is 178 Å². The largest absolute Gasteiger partial charge is 0.492 e. The van der Waals surface area contributed by atoms with Gasteiger partial charge < -0.3 is 15.0 Å². The molecule has 1 N–H and O–H groups in total. The molecule has 1 aromatic carbocycles. The number of hydrogen-bond acceptors (Lipinski definition) is 7. The summed E-state index contributed by atoms with van der Waals surface area (Å²) in [5.74, 6) is 1.39. The lowest BCUT2D eigenvalue weighted by atomic mass is 10.1. The molecule has 1 fully saturated rings. The quantitative estimate of drug-likeness (QED) is 0.676. The number of nitrogens with one attached hydrogen (secondary N) is 1. The number of urea groups is 1. The van der Waals surface area contributed by atoms with Crippen LogP contribution in [0.3, 0.4) is 0 Å².